The fourth-order valence-corrected chi connectivity index (χ4v) is 1.90. The number of likely N-dealkylation sites (N-methyl/N-ethyl adjacent to an activating group) is 1. The van der Waals surface area contributed by atoms with Gasteiger partial charge in [0, 0.05) is 0 Å². The Bertz CT molecular complexity index is 611. The summed E-state index contributed by atoms with van der Waals surface area (Å²) >= 11 is 0. The van der Waals surface area contributed by atoms with Gasteiger partial charge in [-0.2, -0.15) is 0 Å². The average molecular weight is 284 g/mol. The van der Waals surface area contributed by atoms with Gasteiger partial charge in [-0.25, -0.2) is 0 Å². The molecule has 0 bridgehead atoms. The summed E-state index contributed by atoms with van der Waals surface area (Å²) in [5.41, 5.74) is 1.79. The van der Waals surface area contributed by atoms with E-state index in [-0.39, 0.29) is 12.5 Å². The maximum atomic E-state index is 11.8. The molecule has 2 N–H and O–H groups in total. The number of benzene rings is 2. The Labute approximate surface area is 125 Å². The molecule has 0 aliphatic rings. The highest BCUT2D eigenvalue weighted by Gasteiger charge is 2.08. The zero-order valence-corrected chi connectivity index (χ0v) is 12.3. The molecule has 4 heteroatoms. The first-order valence-electron chi connectivity index (χ1n) is 7.03. The van der Waals surface area contributed by atoms with Gasteiger partial charge in [0.2, 0.25) is 5.91 Å². The van der Waals surface area contributed by atoms with Gasteiger partial charge in [0.15, 0.2) is 5.75 Å². The molecule has 0 aliphatic heterocycles. The Kier molecular flexibility index (Phi) is 5.35. The highest BCUT2D eigenvalue weighted by molar-refractivity contribution is 5.93. The number of ether oxygens (including phenoxy) is 1. The van der Waals surface area contributed by atoms with Gasteiger partial charge >= 0.3 is 0 Å². The van der Waals surface area contributed by atoms with E-state index in [1.807, 2.05) is 62.4 Å². The highest BCUT2D eigenvalue weighted by atomic mass is 16.5. The van der Waals surface area contributed by atoms with Crippen LogP contribution >= 0.6 is 0 Å². The predicted octanol–water partition coefficient (Wildman–Crippen LogP) is 3.34. The summed E-state index contributed by atoms with van der Waals surface area (Å²) in [6.07, 6.45) is 0. The molecular weight excluding hydrogens is 264 g/mol. The first kappa shape index (κ1) is 15.1. The van der Waals surface area contributed by atoms with E-state index >= 15 is 0 Å². The third kappa shape index (κ3) is 4.61. The molecule has 2 aromatic rings. The van der Waals surface area contributed by atoms with Crippen LogP contribution in [0.3, 0.4) is 0 Å². The van der Waals surface area contributed by atoms with Crippen molar-refractivity contribution in [3.05, 3.63) is 54.1 Å². The van der Waals surface area contributed by atoms with Gasteiger partial charge in [-0.05, 0) is 43.3 Å². The Morgan fingerprint density at radius 2 is 1.95 bits per heavy atom. The molecule has 0 spiro atoms. The van der Waals surface area contributed by atoms with Crippen molar-refractivity contribution in [1.82, 2.24) is 5.32 Å². The Morgan fingerprint density at radius 1 is 1.14 bits per heavy atom. The van der Waals surface area contributed by atoms with Crippen LogP contribution in [-0.4, -0.2) is 19.0 Å². The van der Waals surface area contributed by atoms with Crippen LogP contribution in [0, 0.1) is 6.92 Å². The summed E-state index contributed by atoms with van der Waals surface area (Å²) in [7, 11) is 0. The lowest BCUT2D eigenvalue weighted by molar-refractivity contribution is -0.115. The van der Waals surface area contributed by atoms with Crippen molar-refractivity contribution in [1.29, 1.82) is 0 Å². The number of carbonyl (C=O) groups is 1. The first-order valence-corrected chi connectivity index (χ1v) is 7.03. The van der Waals surface area contributed by atoms with Gasteiger partial charge in [-0.15, -0.1) is 0 Å². The van der Waals surface area contributed by atoms with Crippen molar-refractivity contribution in [2.24, 2.45) is 0 Å². The zero-order valence-electron chi connectivity index (χ0n) is 12.3. The number of anilines is 1. The number of hydrogen-bond acceptors (Lipinski definition) is 3. The number of hydrogen-bond donors (Lipinski definition) is 2. The van der Waals surface area contributed by atoms with E-state index in [1.54, 1.807) is 0 Å². The van der Waals surface area contributed by atoms with Crippen molar-refractivity contribution >= 4 is 11.6 Å². The lowest BCUT2D eigenvalue weighted by Gasteiger charge is -2.12. The Balaban J connectivity index is 2.11. The molecule has 2 aromatic carbocycles. The largest absolute Gasteiger partial charge is 0.455 e. The summed E-state index contributed by atoms with van der Waals surface area (Å²) in [5.74, 6) is 1.30. The summed E-state index contributed by atoms with van der Waals surface area (Å²) in [5, 5.41) is 5.85. The molecule has 0 unspecified atom stereocenters. The number of carbonyl (C=O) groups excluding carboxylic acids is 1. The molecule has 2 rings (SSSR count). The lowest BCUT2D eigenvalue weighted by Crippen LogP contribution is -2.27. The van der Waals surface area contributed by atoms with E-state index in [1.165, 1.54) is 0 Å². The number of nitrogens with one attached hydrogen (secondary N) is 2. The molecule has 0 aliphatic carbocycles. The van der Waals surface area contributed by atoms with Gasteiger partial charge in [-0.1, -0.05) is 31.2 Å². The van der Waals surface area contributed by atoms with Crippen molar-refractivity contribution in [2.45, 2.75) is 13.8 Å². The molecule has 0 fully saturated rings. The summed E-state index contributed by atoms with van der Waals surface area (Å²) in [6, 6.07) is 15.2. The van der Waals surface area contributed by atoms with Crippen LogP contribution < -0.4 is 15.4 Å². The minimum absolute atomic E-state index is 0.0860. The van der Waals surface area contributed by atoms with Crippen LogP contribution in [0.2, 0.25) is 0 Å². The average Bonchev–Trinajstić information content (AvgIpc) is 2.47. The predicted molar refractivity (Wildman–Crippen MR) is 84.9 cm³/mol. The van der Waals surface area contributed by atoms with Crippen molar-refractivity contribution in [2.75, 3.05) is 18.4 Å². The van der Waals surface area contributed by atoms with E-state index in [2.05, 4.69) is 10.6 Å². The molecule has 0 saturated carbocycles. The maximum absolute atomic E-state index is 11.8. The molecule has 0 radical (unpaired) electrons. The molecule has 0 aromatic heterocycles. The van der Waals surface area contributed by atoms with Crippen LogP contribution in [-0.2, 0) is 4.79 Å². The van der Waals surface area contributed by atoms with E-state index in [0.29, 0.717) is 11.4 Å². The molecular formula is C17H20N2O2. The second-order valence-electron chi connectivity index (χ2n) is 4.74. The smallest absolute Gasteiger partial charge is 0.238 e. The summed E-state index contributed by atoms with van der Waals surface area (Å²) in [4.78, 5) is 11.8. The van der Waals surface area contributed by atoms with Crippen molar-refractivity contribution in [3.63, 3.8) is 0 Å². The van der Waals surface area contributed by atoms with Gasteiger partial charge in [0.1, 0.15) is 5.75 Å². The van der Waals surface area contributed by atoms with Gasteiger partial charge in [0.05, 0.1) is 12.2 Å². The fraction of sp³-hybridized carbons (Fsp3) is 0.235. The van der Waals surface area contributed by atoms with Crippen LogP contribution in [0.4, 0.5) is 5.69 Å². The lowest BCUT2D eigenvalue weighted by atomic mass is 10.2. The standard InChI is InChI=1S/C17H20N2O2/c1-3-18-12-17(20)19-15-9-4-5-10-16(15)21-14-8-6-7-13(2)11-14/h4-11,18H,3,12H2,1-2H3,(H,19,20). The summed E-state index contributed by atoms with van der Waals surface area (Å²) in [6.45, 7) is 5.02. The quantitative estimate of drug-likeness (QED) is 0.855. The van der Waals surface area contributed by atoms with Crippen molar-refractivity contribution < 1.29 is 9.53 Å². The number of aryl methyl sites for hydroxylation is 1. The molecule has 21 heavy (non-hydrogen) atoms. The normalized spacial score (nSPS) is 10.2. The Morgan fingerprint density at radius 3 is 2.71 bits per heavy atom. The molecule has 0 saturated heterocycles. The minimum Gasteiger partial charge on any atom is -0.455 e. The molecule has 110 valence electrons. The number of rotatable bonds is 6. The fourth-order valence-electron chi connectivity index (χ4n) is 1.90. The molecule has 0 atom stereocenters. The SMILES string of the molecule is CCNCC(=O)Nc1ccccc1Oc1cccc(C)c1. The first-order chi connectivity index (χ1) is 10.2. The highest BCUT2D eigenvalue weighted by Crippen LogP contribution is 2.29. The maximum Gasteiger partial charge on any atom is 0.238 e. The molecule has 1 amide bonds. The monoisotopic (exact) mass is 284 g/mol. The molecule has 4 nitrogen and oxygen atoms in total. The van der Waals surface area contributed by atoms with Crippen LogP contribution in [0.25, 0.3) is 0 Å². The summed E-state index contributed by atoms with van der Waals surface area (Å²) < 4.78 is 5.86. The topological polar surface area (TPSA) is 50.4 Å². The third-order valence-electron chi connectivity index (χ3n) is 2.91. The van der Waals surface area contributed by atoms with E-state index in [0.717, 1.165) is 17.9 Å². The second-order valence-corrected chi connectivity index (χ2v) is 4.74. The van der Waals surface area contributed by atoms with Gasteiger partial charge in [-0.3, -0.25) is 4.79 Å². The number of para-hydroxylation sites is 2. The second kappa shape index (κ2) is 7.45. The van der Waals surface area contributed by atoms with E-state index in [9.17, 15) is 4.79 Å². The van der Waals surface area contributed by atoms with Gasteiger partial charge in [0.25, 0.3) is 0 Å². The third-order valence-corrected chi connectivity index (χ3v) is 2.91. The van der Waals surface area contributed by atoms with Crippen LogP contribution in [0.5, 0.6) is 11.5 Å². The Hall–Kier alpha value is -2.33. The number of amides is 1. The zero-order chi connectivity index (χ0) is 15.1. The van der Waals surface area contributed by atoms with Crippen LogP contribution in [0.15, 0.2) is 48.5 Å². The van der Waals surface area contributed by atoms with Crippen molar-refractivity contribution in [3.8, 4) is 11.5 Å². The molecule has 0 heterocycles. The van der Waals surface area contributed by atoms with Gasteiger partial charge < -0.3 is 15.4 Å². The minimum atomic E-state index is -0.0860. The van der Waals surface area contributed by atoms with E-state index < -0.39 is 0 Å². The van der Waals surface area contributed by atoms with Crippen LogP contribution in [0.1, 0.15) is 12.5 Å². The van der Waals surface area contributed by atoms with E-state index in [4.69, 9.17) is 4.74 Å².